The molecule has 9 heteroatoms. The molecule has 2 amide bonds. The number of cyclic esters (lactones) is 1. The van der Waals surface area contributed by atoms with Crippen LogP contribution in [0.2, 0.25) is 0 Å². The van der Waals surface area contributed by atoms with Crippen LogP contribution in [0.3, 0.4) is 0 Å². The molecule has 9 nitrogen and oxygen atoms in total. The number of aromatic nitrogens is 2. The maximum absolute atomic E-state index is 12.2. The van der Waals surface area contributed by atoms with E-state index in [0.29, 0.717) is 11.4 Å². The number of alkyl carbamates (subject to hydrolysis) is 2. The lowest BCUT2D eigenvalue weighted by molar-refractivity contribution is 0.0479. The molecule has 0 aromatic carbocycles. The van der Waals surface area contributed by atoms with Crippen LogP contribution in [-0.4, -0.2) is 46.9 Å². The molecule has 2 fully saturated rings. The van der Waals surface area contributed by atoms with Crippen molar-refractivity contribution in [1.29, 1.82) is 0 Å². The first-order valence-corrected chi connectivity index (χ1v) is 11.0. The smallest absolute Gasteiger partial charge is 0.408 e. The van der Waals surface area contributed by atoms with Gasteiger partial charge >= 0.3 is 12.2 Å². The van der Waals surface area contributed by atoms with E-state index in [4.69, 9.17) is 14.2 Å². The standard InChI is InChI=1S/C23H30N4O5/c1-23(2,3)32-22(29)25-14-7-5-13(6-8-14)18-20(31-21(28)27-18)15-11-12-24-16-9-10-17(30-4)26-19(15)16/h9-14,18,20H,5-8H2,1-4H3,(H,25,29)(H,27,28). The van der Waals surface area contributed by atoms with E-state index in [9.17, 15) is 9.59 Å². The first kappa shape index (κ1) is 22.1. The van der Waals surface area contributed by atoms with Crippen LogP contribution < -0.4 is 15.4 Å². The fraction of sp³-hybridized carbons (Fsp3) is 0.565. The molecular weight excluding hydrogens is 412 g/mol. The highest BCUT2D eigenvalue weighted by atomic mass is 16.6. The first-order valence-electron chi connectivity index (χ1n) is 11.0. The Kier molecular flexibility index (Phi) is 6.08. The normalized spacial score (nSPS) is 25.7. The second-order valence-electron chi connectivity index (χ2n) is 9.38. The molecule has 1 saturated heterocycles. The molecule has 172 valence electrons. The highest BCUT2D eigenvalue weighted by Gasteiger charge is 2.42. The molecular formula is C23H30N4O5. The van der Waals surface area contributed by atoms with Gasteiger partial charge in [-0.3, -0.25) is 4.98 Å². The molecule has 1 aliphatic heterocycles. The molecule has 2 N–H and O–H groups in total. The number of ether oxygens (including phenoxy) is 3. The van der Waals surface area contributed by atoms with Crippen molar-refractivity contribution in [2.24, 2.45) is 5.92 Å². The zero-order chi connectivity index (χ0) is 22.9. The molecule has 2 atom stereocenters. The molecule has 2 aromatic heterocycles. The lowest BCUT2D eigenvalue weighted by atomic mass is 9.79. The molecule has 0 bridgehead atoms. The Labute approximate surface area is 187 Å². The summed E-state index contributed by atoms with van der Waals surface area (Å²) < 4.78 is 16.3. The second kappa shape index (κ2) is 8.80. The Morgan fingerprint density at radius 1 is 1.19 bits per heavy atom. The van der Waals surface area contributed by atoms with Crippen LogP contribution in [0.15, 0.2) is 24.4 Å². The molecule has 2 aromatic rings. The lowest BCUT2D eigenvalue weighted by Crippen LogP contribution is -2.44. The highest BCUT2D eigenvalue weighted by Crippen LogP contribution is 2.39. The van der Waals surface area contributed by atoms with Crippen LogP contribution in [0, 0.1) is 5.92 Å². The topological polar surface area (TPSA) is 112 Å². The minimum atomic E-state index is -0.524. The van der Waals surface area contributed by atoms with Gasteiger partial charge in [0.25, 0.3) is 0 Å². The van der Waals surface area contributed by atoms with Crippen molar-refractivity contribution in [2.75, 3.05) is 7.11 Å². The molecule has 4 rings (SSSR count). The number of carbonyl (C=O) groups excluding carboxylic acids is 2. The number of pyridine rings is 2. The summed E-state index contributed by atoms with van der Waals surface area (Å²) in [4.78, 5) is 33.2. The zero-order valence-electron chi connectivity index (χ0n) is 18.9. The van der Waals surface area contributed by atoms with Crippen molar-refractivity contribution in [3.05, 3.63) is 30.0 Å². The summed E-state index contributed by atoms with van der Waals surface area (Å²) in [6.07, 6.45) is 3.75. The van der Waals surface area contributed by atoms with Crippen molar-refractivity contribution in [3.63, 3.8) is 0 Å². The van der Waals surface area contributed by atoms with E-state index in [1.807, 2.05) is 32.9 Å². The quantitative estimate of drug-likeness (QED) is 0.739. The van der Waals surface area contributed by atoms with Gasteiger partial charge in [-0.2, -0.15) is 0 Å². The fourth-order valence-corrected chi connectivity index (χ4v) is 4.52. The van der Waals surface area contributed by atoms with Gasteiger partial charge < -0.3 is 24.8 Å². The van der Waals surface area contributed by atoms with E-state index in [0.717, 1.165) is 36.8 Å². The third-order valence-corrected chi connectivity index (χ3v) is 5.95. The number of nitrogens with zero attached hydrogens (tertiary/aromatic N) is 2. The monoisotopic (exact) mass is 442 g/mol. The van der Waals surface area contributed by atoms with Crippen LogP contribution >= 0.6 is 0 Å². The Morgan fingerprint density at radius 3 is 2.62 bits per heavy atom. The highest BCUT2D eigenvalue weighted by molar-refractivity contribution is 5.80. The lowest BCUT2D eigenvalue weighted by Gasteiger charge is -2.34. The van der Waals surface area contributed by atoms with Crippen LogP contribution in [0.1, 0.15) is 58.1 Å². The first-order chi connectivity index (χ1) is 15.2. The number of methoxy groups -OCH3 is 1. The summed E-state index contributed by atoms with van der Waals surface area (Å²) >= 11 is 0. The maximum atomic E-state index is 12.2. The molecule has 0 spiro atoms. The molecule has 2 unspecified atom stereocenters. The van der Waals surface area contributed by atoms with Crippen LogP contribution in [0.25, 0.3) is 11.0 Å². The number of hydrogen-bond acceptors (Lipinski definition) is 7. The molecule has 3 heterocycles. The van der Waals surface area contributed by atoms with Gasteiger partial charge in [-0.05, 0) is 64.5 Å². The molecule has 0 radical (unpaired) electrons. The summed E-state index contributed by atoms with van der Waals surface area (Å²) in [6, 6.07) is 5.34. The van der Waals surface area contributed by atoms with E-state index in [2.05, 4.69) is 20.6 Å². The summed E-state index contributed by atoms with van der Waals surface area (Å²) in [6.45, 7) is 5.54. The number of hydrogen-bond donors (Lipinski definition) is 2. The van der Waals surface area contributed by atoms with Gasteiger partial charge in [0.1, 0.15) is 5.60 Å². The SMILES string of the molecule is COc1ccc2nccc(C3OC(=O)NC3C3CCC(NC(=O)OC(C)(C)C)CC3)c2n1. The zero-order valence-corrected chi connectivity index (χ0v) is 18.9. The summed E-state index contributed by atoms with van der Waals surface area (Å²) in [5, 5.41) is 5.96. The Hall–Kier alpha value is -3.10. The average Bonchev–Trinajstić information content (AvgIpc) is 3.13. The van der Waals surface area contributed by atoms with Gasteiger partial charge in [0.2, 0.25) is 5.88 Å². The predicted octanol–water partition coefficient (Wildman–Crippen LogP) is 3.87. The van der Waals surface area contributed by atoms with Gasteiger partial charge in [0.15, 0.2) is 6.10 Å². The molecule has 32 heavy (non-hydrogen) atoms. The van der Waals surface area contributed by atoms with Gasteiger partial charge in [0.05, 0.1) is 24.2 Å². The Bertz CT molecular complexity index is 998. The van der Waals surface area contributed by atoms with Crippen LogP contribution in [0.4, 0.5) is 9.59 Å². The molecule has 1 aliphatic carbocycles. The van der Waals surface area contributed by atoms with Crippen molar-refractivity contribution < 1.29 is 23.8 Å². The number of rotatable bonds is 4. The summed E-state index contributed by atoms with van der Waals surface area (Å²) in [5.41, 5.74) is 1.67. The fourth-order valence-electron chi connectivity index (χ4n) is 4.52. The van der Waals surface area contributed by atoms with Gasteiger partial charge in [0, 0.05) is 23.9 Å². The largest absolute Gasteiger partial charge is 0.481 e. The van der Waals surface area contributed by atoms with Gasteiger partial charge in [-0.25, -0.2) is 14.6 Å². The van der Waals surface area contributed by atoms with Crippen LogP contribution in [-0.2, 0) is 9.47 Å². The Balaban J connectivity index is 1.47. The van der Waals surface area contributed by atoms with Crippen LogP contribution in [0.5, 0.6) is 5.88 Å². The Morgan fingerprint density at radius 2 is 1.94 bits per heavy atom. The van der Waals surface area contributed by atoms with E-state index in [1.54, 1.807) is 19.4 Å². The summed E-state index contributed by atoms with van der Waals surface area (Å²) in [7, 11) is 1.56. The third-order valence-electron chi connectivity index (χ3n) is 5.95. The van der Waals surface area contributed by atoms with Gasteiger partial charge in [-0.15, -0.1) is 0 Å². The number of nitrogens with one attached hydrogen (secondary N) is 2. The molecule has 1 saturated carbocycles. The maximum Gasteiger partial charge on any atom is 0.408 e. The predicted molar refractivity (Wildman–Crippen MR) is 117 cm³/mol. The van der Waals surface area contributed by atoms with Crippen molar-refractivity contribution in [3.8, 4) is 5.88 Å². The van der Waals surface area contributed by atoms with Crippen molar-refractivity contribution in [1.82, 2.24) is 20.6 Å². The minimum absolute atomic E-state index is 0.0604. The van der Waals surface area contributed by atoms with E-state index < -0.39 is 17.8 Å². The number of amides is 2. The number of carbonyl (C=O) groups is 2. The second-order valence-corrected chi connectivity index (χ2v) is 9.38. The molecule has 2 aliphatic rings. The van der Waals surface area contributed by atoms with E-state index >= 15 is 0 Å². The van der Waals surface area contributed by atoms with Gasteiger partial charge in [-0.1, -0.05) is 0 Å². The van der Waals surface area contributed by atoms with E-state index in [1.165, 1.54) is 0 Å². The third kappa shape index (κ3) is 4.87. The van der Waals surface area contributed by atoms with Crippen molar-refractivity contribution >= 4 is 23.2 Å². The van der Waals surface area contributed by atoms with E-state index in [-0.39, 0.29) is 24.1 Å². The average molecular weight is 443 g/mol. The summed E-state index contributed by atoms with van der Waals surface area (Å²) in [5.74, 6) is 0.700. The minimum Gasteiger partial charge on any atom is -0.481 e. The van der Waals surface area contributed by atoms with Crippen molar-refractivity contribution in [2.45, 2.75) is 70.2 Å². The number of fused-ring (bicyclic) bond motifs is 1.